The van der Waals surface area contributed by atoms with Crippen LogP contribution in [0.15, 0.2) is 36.4 Å². The molecular formula is C15H15FINO. The molecule has 2 N–H and O–H groups in total. The summed E-state index contributed by atoms with van der Waals surface area (Å²) in [6.45, 7) is 4.22. The Kier molecular flexibility index (Phi) is 4.29. The van der Waals surface area contributed by atoms with Crippen molar-refractivity contribution in [2.45, 2.75) is 19.8 Å². The predicted octanol–water partition coefficient (Wildman–Crippen LogP) is 4.93. The summed E-state index contributed by atoms with van der Waals surface area (Å²) in [7, 11) is 0. The zero-order valence-corrected chi connectivity index (χ0v) is 12.9. The molecule has 0 aliphatic rings. The number of benzene rings is 2. The predicted molar refractivity (Wildman–Crippen MR) is 84.1 cm³/mol. The quantitative estimate of drug-likeness (QED) is 0.614. The Morgan fingerprint density at radius 3 is 2.63 bits per heavy atom. The molecule has 0 atom stereocenters. The lowest BCUT2D eigenvalue weighted by atomic mass is 10.0. The lowest BCUT2D eigenvalue weighted by Gasteiger charge is -2.11. The molecule has 4 heteroatoms. The zero-order chi connectivity index (χ0) is 14.0. The molecule has 2 rings (SSSR count). The first-order chi connectivity index (χ1) is 8.97. The minimum Gasteiger partial charge on any atom is -0.455 e. The van der Waals surface area contributed by atoms with Crippen molar-refractivity contribution in [3.63, 3.8) is 0 Å². The van der Waals surface area contributed by atoms with Crippen molar-refractivity contribution in [1.82, 2.24) is 0 Å². The summed E-state index contributed by atoms with van der Waals surface area (Å²) in [5.41, 5.74) is 7.44. The van der Waals surface area contributed by atoms with Gasteiger partial charge in [0.15, 0.2) is 5.75 Å². The molecule has 2 aromatic rings. The summed E-state index contributed by atoms with van der Waals surface area (Å²) in [6.07, 6.45) is 0. The van der Waals surface area contributed by atoms with Crippen LogP contribution in [-0.2, 0) is 0 Å². The van der Waals surface area contributed by atoms with Gasteiger partial charge in [0, 0.05) is 6.07 Å². The smallest absolute Gasteiger partial charge is 0.153 e. The summed E-state index contributed by atoms with van der Waals surface area (Å²) in [5.74, 6) is 1.09. The van der Waals surface area contributed by atoms with Gasteiger partial charge in [-0.2, -0.15) is 0 Å². The summed E-state index contributed by atoms with van der Waals surface area (Å²) < 4.78 is 19.7. The van der Waals surface area contributed by atoms with Gasteiger partial charge in [-0.3, -0.25) is 0 Å². The maximum absolute atomic E-state index is 13.5. The molecule has 0 saturated heterocycles. The van der Waals surface area contributed by atoms with E-state index < -0.39 is 0 Å². The van der Waals surface area contributed by atoms with Crippen molar-refractivity contribution in [3.8, 4) is 11.5 Å². The average molecular weight is 371 g/mol. The summed E-state index contributed by atoms with van der Waals surface area (Å²) in [4.78, 5) is 0. The van der Waals surface area contributed by atoms with Crippen molar-refractivity contribution in [2.75, 3.05) is 5.73 Å². The number of hydrogen-bond acceptors (Lipinski definition) is 2. The highest BCUT2D eigenvalue weighted by atomic mass is 127. The highest BCUT2D eigenvalue weighted by Crippen LogP contribution is 2.31. The number of hydrogen-bond donors (Lipinski definition) is 1. The minimum absolute atomic E-state index is 0.329. The van der Waals surface area contributed by atoms with Gasteiger partial charge in [0.2, 0.25) is 0 Å². The van der Waals surface area contributed by atoms with Gasteiger partial charge >= 0.3 is 0 Å². The van der Waals surface area contributed by atoms with Gasteiger partial charge in [0.1, 0.15) is 11.6 Å². The molecule has 19 heavy (non-hydrogen) atoms. The van der Waals surface area contributed by atoms with Crippen LogP contribution >= 0.6 is 22.6 Å². The number of rotatable bonds is 3. The molecule has 0 unspecified atom stereocenters. The van der Waals surface area contributed by atoms with E-state index in [1.807, 2.05) is 46.9 Å². The van der Waals surface area contributed by atoms with Crippen molar-refractivity contribution in [2.24, 2.45) is 0 Å². The number of anilines is 1. The topological polar surface area (TPSA) is 35.2 Å². The summed E-state index contributed by atoms with van der Waals surface area (Å²) >= 11 is 1.90. The molecule has 100 valence electrons. The van der Waals surface area contributed by atoms with E-state index in [9.17, 15) is 4.39 Å². The van der Waals surface area contributed by atoms with Crippen LogP contribution in [0.3, 0.4) is 0 Å². The Bertz CT molecular complexity index is 599. The van der Waals surface area contributed by atoms with Crippen molar-refractivity contribution >= 4 is 28.3 Å². The van der Waals surface area contributed by atoms with Gasteiger partial charge < -0.3 is 10.5 Å². The Labute approximate surface area is 125 Å². The Morgan fingerprint density at radius 1 is 1.21 bits per heavy atom. The SMILES string of the molecule is CC(C)c1cccc(Oc2cc(F)c(I)cc2N)c1. The molecule has 0 amide bonds. The fourth-order valence-electron chi connectivity index (χ4n) is 1.70. The molecular weight excluding hydrogens is 356 g/mol. The lowest BCUT2D eigenvalue weighted by molar-refractivity contribution is 0.477. The largest absolute Gasteiger partial charge is 0.455 e. The van der Waals surface area contributed by atoms with Crippen molar-refractivity contribution in [1.29, 1.82) is 0 Å². The van der Waals surface area contributed by atoms with Gasteiger partial charge in [-0.05, 0) is 52.3 Å². The summed E-state index contributed by atoms with van der Waals surface area (Å²) in [5, 5.41) is 0. The Hall–Kier alpha value is -1.30. The van der Waals surface area contributed by atoms with Gasteiger partial charge in [-0.1, -0.05) is 26.0 Å². The van der Waals surface area contributed by atoms with Crippen LogP contribution in [0.2, 0.25) is 0 Å². The third-order valence-corrected chi connectivity index (χ3v) is 3.63. The molecule has 0 saturated carbocycles. The van der Waals surface area contributed by atoms with Gasteiger partial charge in [0.25, 0.3) is 0 Å². The maximum Gasteiger partial charge on any atom is 0.153 e. The monoisotopic (exact) mass is 371 g/mol. The van der Waals surface area contributed by atoms with E-state index in [2.05, 4.69) is 13.8 Å². The van der Waals surface area contributed by atoms with E-state index >= 15 is 0 Å². The highest BCUT2D eigenvalue weighted by molar-refractivity contribution is 14.1. The standard InChI is InChI=1S/C15H15FINO/c1-9(2)10-4-3-5-11(6-10)19-15-7-12(16)13(17)8-14(15)18/h3-9H,18H2,1-2H3. The van der Waals surface area contributed by atoms with Crippen LogP contribution in [-0.4, -0.2) is 0 Å². The van der Waals surface area contributed by atoms with Crippen molar-refractivity contribution in [3.05, 3.63) is 51.3 Å². The molecule has 0 aliphatic heterocycles. The first kappa shape index (κ1) is 14.1. The second-order valence-electron chi connectivity index (χ2n) is 4.63. The molecule has 2 aromatic carbocycles. The van der Waals surface area contributed by atoms with Crippen molar-refractivity contribution < 1.29 is 9.13 Å². The van der Waals surface area contributed by atoms with Gasteiger partial charge in [0.05, 0.1) is 9.26 Å². The van der Waals surface area contributed by atoms with Crippen LogP contribution in [0, 0.1) is 9.39 Å². The molecule has 0 aliphatic carbocycles. The first-order valence-electron chi connectivity index (χ1n) is 5.99. The fourth-order valence-corrected chi connectivity index (χ4v) is 2.19. The third-order valence-electron chi connectivity index (χ3n) is 2.81. The van der Waals surface area contributed by atoms with E-state index in [4.69, 9.17) is 10.5 Å². The van der Waals surface area contributed by atoms with E-state index in [1.165, 1.54) is 11.6 Å². The fraction of sp³-hybridized carbons (Fsp3) is 0.200. The van der Waals surface area contributed by atoms with Crippen LogP contribution in [0.1, 0.15) is 25.3 Å². The summed E-state index contributed by atoms with van der Waals surface area (Å²) in [6, 6.07) is 10.6. The molecule has 0 aromatic heterocycles. The molecule has 0 spiro atoms. The third kappa shape index (κ3) is 3.37. The van der Waals surface area contributed by atoms with Gasteiger partial charge in [-0.25, -0.2) is 4.39 Å². The van der Waals surface area contributed by atoms with E-state index in [0.717, 1.165) is 0 Å². The Balaban J connectivity index is 2.31. The number of ether oxygens (including phenoxy) is 1. The second kappa shape index (κ2) is 5.77. The molecule has 2 nitrogen and oxygen atoms in total. The molecule has 0 radical (unpaired) electrons. The molecule has 0 fully saturated rings. The van der Waals surface area contributed by atoms with E-state index in [0.29, 0.717) is 26.7 Å². The van der Waals surface area contributed by atoms with Crippen LogP contribution in [0.4, 0.5) is 10.1 Å². The number of nitrogen functional groups attached to an aromatic ring is 1. The zero-order valence-electron chi connectivity index (χ0n) is 10.8. The van der Waals surface area contributed by atoms with E-state index in [-0.39, 0.29) is 5.82 Å². The van der Waals surface area contributed by atoms with Crippen LogP contribution in [0.5, 0.6) is 11.5 Å². The number of nitrogens with two attached hydrogens (primary N) is 1. The van der Waals surface area contributed by atoms with Gasteiger partial charge in [-0.15, -0.1) is 0 Å². The van der Waals surface area contributed by atoms with E-state index in [1.54, 1.807) is 6.07 Å². The molecule has 0 heterocycles. The maximum atomic E-state index is 13.5. The van der Waals surface area contributed by atoms with Crippen LogP contribution < -0.4 is 10.5 Å². The first-order valence-corrected chi connectivity index (χ1v) is 7.07. The lowest BCUT2D eigenvalue weighted by Crippen LogP contribution is -1.96. The molecule has 0 bridgehead atoms. The minimum atomic E-state index is -0.329. The van der Waals surface area contributed by atoms with Crippen LogP contribution in [0.25, 0.3) is 0 Å². The average Bonchev–Trinajstić information content (AvgIpc) is 2.36. The normalized spacial score (nSPS) is 10.8. The Morgan fingerprint density at radius 2 is 1.95 bits per heavy atom. The number of halogens is 2. The second-order valence-corrected chi connectivity index (χ2v) is 5.80. The highest BCUT2D eigenvalue weighted by Gasteiger charge is 2.09.